The number of nitrogens with one attached hydrogen (secondary N) is 2. The first-order valence-electron chi connectivity index (χ1n) is 7.12. The highest BCUT2D eigenvalue weighted by atomic mass is 16.1. The van der Waals surface area contributed by atoms with Crippen molar-refractivity contribution < 1.29 is 4.79 Å². The summed E-state index contributed by atoms with van der Waals surface area (Å²) in [5.41, 5.74) is 6.14. The van der Waals surface area contributed by atoms with Crippen molar-refractivity contribution in [3.63, 3.8) is 0 Å². The fraction of sp³-hybridized carbons (Fsp3) is 0.235. The normalized spacial score (nSPS) is 19.9. The Kier molecular flexibility index (Phi) is 3.62. The van der Waals surface area contributed by atoms with E-state index in [9.17, 15) is 4.79 Å². The van der Waals surface area contributed by atoms with E-state index in [4.69, 9.17) is 5.84 Å². The van der Waals surface area contributed by atoms with Crippen molar-refractivity contribution >= 4 is 11.6 Å². The molecule has 108 valence electrons. The van der Waals surface area contributed by atoms with Crippen molar-refractivity contribution in [2.24, 2.45) is 5.84 Å². The molecule has 21 heavy (non-hydrogen) atoms. The van der Waals surface area contributed by atoms with Gasteiger partial charge in [0.1, 0.15) is 0 Å². The first-order chi connectivity index (χ1) is 10.2. The number of hydrogen-bond acceptors (Lipinski definition) is 3. The molecule has 1 saturated carbocycles. The Balaban J connectivity index is 1.70. The first kappa shape index (κ1) is 13.6. The van der Waals surface area contributed by atoms with Gasteiger partial charge >= 0.3 is 0 Å². The molecule has 0 heterocycles. The average molecular weight is 281 g/mol. The zero-order valence-electron chi connectivity index (χ0n) is 12.0. The van der Waals surface area contributed by atoms with E-state index in [2.05, 4.69) is 22.9 Å². The maximum atomic E-state index is 12.4. The van der Waals surface area contributed by atoms with Crippen LogP contribution in [0.1, 0.15) is 33.8 Å². The number of carbonyl (C=O) groups is 1. The quantitative estimate of drug-likeness (QED) is 0.596. The maximum absolute atomic E-state index is 12.4. The Morgan fingerprint density at radius 1 is 1.19 bits per heavy atom. The van der Waals surface area contributed by atoms with Crippen LogP contribution in [-0.2, 0) is 0 Å². The van der Waals surface area contributed by atoms with Crippen molar-refractivity contribution in [3.8, 4) is 0 Å². The van der Waals surface area contributed by atoms with Crippen LogP contribution in [0.15, 0.2) is 48.5 Å². The average Bonchev–Trinajstić information content (AvgIpc) is 3.27. The molecule has 1 aliphatic carbocycles. The van der Waals surface area contributed by atoms with Gasteiger partial charge in [0.15, 0.2) is 0 Å². The maximum Gasteiger partial charge on any atom is 0.253 e. The predicted octanol–water partition coefficient (Wildman–Crippen LogP) is 2.57. The molecule has 2 aromatic carbocycles. The summed E-state index contributed by atoms with van der Waals surface area (Å²) in [7, 11) is 0. The van der Waals surface area contributed by atoms with Gasteiger partial charge in [0.25, 0.3) is 5.91 Å². The van der Waals surface area contributed by atoms with Crippen molar-refractivity contribution in [3.05, 3.63) is 65.2 Å². The van der Waals surface area contributed by atoms with Crippen LogP contribution >= 0.6 is 0 Å². The van der Waals surface area contributed by atoms with Crippen LogP contribution in [0.4, 0.5) is 5.69 Å². The van der Waals surface area contributed by atoms with Crippen LogP contribution in [0.2, 0.25) is 0 Å². The Morgan fingerprint density at radius 2 is 1.95 bits per heavy atom. The third-order valence-corrected chi connectivity index (χ3v) is 3.91. The lowest BCUT2D eigenvalue weighted by Crippen LogP contribution is -2.28. The smallest absolute Gasteiger partial charge is 0.253 e. The fourth-order valence-corrected chi connectivity index (χ4v) is 2.64. The highest BCUT2D eigenvalue weighted by Gasteiger charge is 2.39. The summed E-state index contributed by atoms with van der Waals surface area (Å²) in [6, 6.07) is 16.1. The Labute approximate surface area is 124 Å². The number of rotatable bonds is 4. The lowest BCUT2D eigenvalue weighted by atomic mass is 10.1. The molecule has 4 N–H and O–H groups in total. The zero-order chi connectivity index (χ0) is 14.8. The molecule has 1 aliphatic rings. The minimum Gasteiger partial charge on any atom is -0.349 e. The third kappa shape index (κ3) is 2.90. The summed E-state index contributed by atoms with van der Waals surface area (Å²) in [4.78, 5) is 12.4. The van der Waals surface area contributed by atoms with Gasteiger partial charge in [0.05, 0.1) is 11.3 Å². The lowest BCUT2D eigenvalue weighted by Gasteiger charge is -2.10. The van der Waals surface area contributed by atoms with E-state index in [-0.39, 0.29) is 11.9 Å². The molecule has 0 bridgehead atoms. The van der Waals surface area contributed by atoms with Crippen LogP contribution in [0.25, 0.3) is 0 Å². The highest BCUT2D eigenvalue weighted by Crippen LogP contribution is 2.40. The number of hydrogen-bond donors (Lipinski definition) is 3. The summed E-state index contributed by atoms with van der Waals surface area (Å²) in [6.07, 6.45) is 0.993. The molecule has 2 unspecified atom stereocenters. The monoisotopic (exact) mass is 281 g/mol. The number of carbonyl (C=O) groups excluding carboxylic acids is 1. The van der Waals surface area contributed by atoms with E-state index in [1.165, 1.54) is 5.56 Å². The molecule has 4 heteroatoms. The van der Waals surface area contributed by atoms with Gasteiger partial charge in [-0.05, 0) is 31.0 Å². The van der Waals surface area contributed by atoms with Gasteiger partial charge in [-0.25, -0.2) is 0 Å². The van der Waals surface area contributed by atoms with Gasteiger partial charge in [0.2, 0.25) is 0 Å². The molecular weight excluding hydrogens is 262 g/mol. The highest BCUT2D eigenvalue weighted by molar-refractivity contribution is 6.00. The van der Waals surface area contributed by atoms with E-state index in [1.54, 1.807) is 0 Å². The summed E-state index contributed by atoms with van der Waals surface area (Å²) in [5.74, 6) is 5.82. The molecule has 2 atom stereocenters. The van der Waals surface area contributed by atoms with Gasteiger partial charge in [-0.15, -0.1) is 0 Å². The number of hydrazine groups is 1. The van der Waals surface area contributed by atoms with Gasteiger partial charge in [-0.2, -0.15) is 0 Å². The summed E-state index contributed by atoms with van der Waals surface area (Å²) < 4.78 is 0. The van der Waals surface area contributed by atoms with Gasteiger partial charge < -0.3 is 10.7 Å². The Hall–Kier alpha value is -2.33. The topological polar surface area (TPSA) is 67.1 Å². The number of aryl methyl sites for hydroxylation is 1. The minimum atomic E-state index is -0.0740. The molecule has 1 amide bonds. The number of anilines is 1. The number of amides is 1. The molecule has 0 radical (unpaired) electrons. The largest absolute Gasteiger partial charge is 0.349 e. The zero-order valence-corrected chi connectivity index (χ0v) is 12.0. The molecule has 0 saturated heterocycles. The standard InChI is InChI=1S/C17H19N3O/c1-11-7-8-15(20-18)14(9-11)17(21)19-16-10-13(16)12-5-3-2-4-6-12/h2-9,13,16,20H,10,18H2,1H3,(H,19,21). The van der Waals surface area contributed by atoms with Crippen LogP contribution in [0.5, 0.6) is 0 Å². The molecule has 1 fully saturated rings. The van der Waals surface area contributed by atoms with Crippen molar-refractivity contribution in [2.75, 3.05) is 5.43 Å². The van der Waals surface area contributed by atoms with Crippen LogP contribution in [-0.4, -0.2) is 11.9 Å². The van der Waals surface area contributed by atoms with E-state index in [1.807, 2.05) is 43.3 Å². The number of nitrogen functional groups attached to an aromatic ring is 1. The Morgan fingerprint density at radius 3 is 2.67 bits per heavy atom. The second kappa shape index (κ2) is 5.58. The van der Waals surface area contributed by atoms with E-state index < -0.39 is 0 Å². The van der Waals surface area contributed by atoms with Gasteiger partial charge in [0, 0.05) is 12.0 Å². The van der Waals surface area contributed by atoms with E-state index in [0.717, 1.165) is 12.0 Å². The van der Waals surface area contributed by atoms with Crippen LogP contribution < -0.4 is 16.6 Å². The van der Waals surface area contributed by atoms with Crippen LogP contribution in [0.3, 0.4) is 0 Å². The fourth-order valence-electron chi connectivity index (χ4n) is 2.64. The SMILES string of the molecule is Cc1ccc(NN)c(C(=O)NC2CC2c2ccccc2)c1. The second-order valence-corrected chi connectivity index (χ2v) is 5.53. The number of benzene rings is 2. The number of nitrogens with two attached hydrogens (primary N) is 1. The van der Waals surface area contributed by atoms with Gasteiger partial charge in [-0.3, -0.25) is 10.6 Å². The van der Waals surface area contributed by atoms with E-state index >= 15 is 0 Å². The third-order valence-electron chi connectivity index (χ3n) is 3.91. The Bertz CT molecular complexity index is 654. The minimum absolute atomic E-state index is 0.0740. The molecule has 2 aromatic rings. The molecule has 0 aliphatic heterocycles. The predicted molar refractivity (Wildman–Crippen MR) is 84.0 cm³/mol. The molecule has 0 aromatic heterocycles. The van der Waals surface area contributed by atoms with Gasteiger partial charge in [-0.1, -0.05) is 42.0 Å². The van der Waals surface area contributed by atoms with E-state index in [0.29, 0.717) is 17.2 Å². The van der Waals surface area contributed by atoms with Crippen molar-refractivity contribution in [1.29, 1.82) is 0 Å². The van der Waals surface area contributed by atoms with Crippen LogP contribution in [0, 0.1) is 6.92 Å². The molecular formula is C17H19N3O. The summed E-state index contributed by atoms with van der Waals surface area (Å²) in [6.45, 7) is 1.96. The summed E-state index contributed by atoms with van der Waals surface area (Å²) >= 11 is 0. The molecule has 4 nitrogen and oxygen atoms in total. The summed E-state index contributed by atoms with van der Waals surface area (Å²) in [5, 5.41) is 3.09. The molecule has 0 spiro atoms. The molecule has 3 rings (SSSR count). The van der Waals surface area contributed by atoms with Crippen molar-refractivity contribution in [1.82, 2.24) is 5.32 Å². The lowest BCUT2D eigenvalue weighted by molar-refractivity contribution is 0.0951. The first-order valence-corrected chi connectivity index (χ1v) is 7.12. The van der Waals surface area contributed by atoms with Crippen molar-refractivity contribution in [2.45, 2.75) is 25.3 Å². The second-order valence-electron chi connectivity index (χ2n) is 5.53.